The summed E-state index contributed by atoms with van der Waals surface area (Å²) in [5.41, 5.74) is 2.63. The molecule has 0 radical (unpaired) electrons. The number of likely N-dealkylation sites (tertiary alicyclic amines) is 1. The largest absolute Gasteiger partial charge is 0.490 e. The Balaban J connectivity index is 0.000000301. The summed E-state index contributed by atoms with van der Waals surface area (Å²) in [5.74, 6) is -5.51. The molecule has 1 spiro atoms. The maximum Gasteiger partial charge on any atom is 0.490 e. The Bertz CT molecular complexity index is 1240. The SMILES string of the molecule is Cn1cc(CN2CCC3(C2)CN(S(C)(=O)=O)c2cccnc23)cn1.O=C(O)C(F)(F)F.O=C(O)C(F)(F)F. The normalized spacial score (nSPS) is 19.3. The van der Waals surface area contributed by atoms with Crippen molar-refractivity contribution >= 4 is 27.6 Å². The van der Waals surface area contributed by atoms with Gasteiger partial charge in [0, 0.05) is 50.1 Å². The van der Waals surface area contributed by atoms with Gasteiger partial charge in [-0.3, -0.25) is 18.9 Å². The van der Waals surface area contributed by atoms with Crippen LogP contribution in [0, 0.1) is 0 Å². The third-order valence-electron chi connectivity index (χ3n) is 5.49. The first-order valence-electron chi connectivity index (χ1n) is 10.5. The van der Waals surface area contributed by atoms with Crippen molar-refractivity contribution in [2.75, 3.05) is 30.2 Å². The second kappa shape index (κ2) is 11.1. The lowest BCUT2D eigenvalue weighted by Crippen LogP contribution is -2.38. The van der Waals surface area contributed by atoms with Gasteiger partial charge in [-0.25, -0.2) is 18.0 Å². The maximum absolute atomic E-state index is 12.2. The molecule has 0 saturated carbocycles. The van der Waals surface area contributed by atoms with Gasteiger partial charge in [0.05, 0.1) is 23.8 Å². The van der Waals surface area contributed by atoms with E-state index in [9.17, 15) is 34.8 Å². The Morgan fingerprint density at radius 2 is 1.63 bits per heavy atom. The highest BCUT2D eigenvalue weighted by Crippen LogP contribution is 2.46. The van der Waals surface area contributed by atoms with Crippen LogP contribution in [-0.4, -0.2) is 88.5 Å². The fraction of sp³-hybridized carbons (Fsp3) is 0.500. The number of pyridine rings is 1. The average molecular weight is 575 g/mol. The fourth-order valence-electron chi connectivity index (χ4n) is 3.96. The number of carboxylic acids is 2. The van der Waals surface area contributed by atoms with Crippen LogP contribution in [0.3, 0.4) is 0 Å². The summed E-state index contributed by atoms with van der Waals surface area (Å²) in [6.07, 6.45) is -2.31. The Hall–Kier alpha value is -3.41. The van der Waals surface area contributed by atoms with E-state index < -0.39 is 34.3 Å². The number of hydrogen-bond donors (Lipinski definition) is 2. The van der Waals surface area contributed by atoms with E-state index in [4.69, 9.17) is 19.8 Å². The summed E-state index contributed by atoms with van der Waals surface area (Å²) < 4.78 is 91.2. The summed E-state index contributed by atoms with van der Waals surface area (Å²) in [6.45, 7) is 3.07. The molecule has 4 heterocycles. The predicted molar refractivity (Wildman–Crippen MR) is 119 cm³/mol. The number of hydrogen-bond acceptors (Lipinski definition) is 7. The van der Waals surface area contributed by atoms with E-state index in [0.29, 0.717) is 6.54 Å². The van der Waals surface area contributed by atoms with Gasteiger partial charge in [0.2, 0.25) is 10.0 Å². The molecule has 0 bridgehead atoms. The van der Waals surface area contributed by atoms with Crippen molar-refractivity contribution in [3.63, 3.8) is 0 Å². The van der Waals surface area contributed by atoms with Crippen LogP contribution in [0.15, 0.2) is 30.7 Å². The number of aromatic nitrogens is 3. The average Bonchev–Trinajstić information content (AvgIpc) is 3.46. The topological polar surface area (TPSA) is 146 Å². The molecule has 212 valence electrons. The summed E-state index contributed by atoms with van der Waals surface area (Å²) in [5, 5.41) is 18.5. The van der Waals surface area contributed by atoms with Crippen molar-refractivity contribution in [3.8, 4) is 0 Å². The molecule has 2 aromatic rings. The lowest BCUT2D eigenvalue weighted by atomic mass is 9.85. The molecule has 18 heteroatoms. The Morgan fingerprint density at radius 3 is 2.08 bits per heavy atom. The first-order chi connectivity index (χ1) is 17.3. The van der Waals surface area contributed by atoms with Gasteiger partial charge in [0.1, 0.15) is 0 Å². The van der Waals surface area contributed by atoms with Gasteiger partial charge < -0.3 is 10.2 Å². The van der Waals surface area contributed by atoms with Crippen LogP contribution in [0.25, 0.3) is 0 Å². The van der Waals surface area contributed by atoms with Crippen LogP contribution in [0.5, 0.6) is 0 Å². The standard InChI is InChI=1S/C16H21N5O2S.2C2HF3O2/c1-19-9-13(8-18-19)10-20-7-5-16(11-20)12-21(24(2,22)23)14-4-3-6-17-15(14)16;2*3-2(4,5)1(6)7/h3-4,6,8-9H,5,7,10-12H2,1-2H3;2*(H,6,7). The minimum Gasteiger partial charge on any atom is -0.475 e. The number of carboxylic acid groups (broad SMARTS) is 2. The summed E-state index contributed by atoms with van der Waals surface area (Å²) in [7, 11) is -1.38. The van der Waals surface area contributed by atoms with Gasteiger partial charge in [0.25, 0.3) is 0 Å². The van der Waals surface area contributed by atoms with E-state index in [-0.39, 0.29) is 5.41 Å². The van der Waals surface area contributed by atoms with E-state index in [1.54, 1.807) is 16.9 Å². The number of anilines is 1. The smallest absolute Gasteiger partial charge is 0.475 e. The van der Waals surface area contributed by atoms with Crippen LogP contribution >= 0.6 is 0 Å². The van der Waals surface area contributed by atoms with Gasteiger partial charge in [-0.15, -0.1) is 0 Å². The van der Waals surface area contributed by atoms with Gasteiger partial charge in [0.15, 0.2) is 0 Å². The lowest BCUT2D eigenvalue weighted by Gasteiger charge is -2.24. The van der Waals surface area contributed by atoms with E-state index >= 15 is 0 Å². The number of sulfonamides is 1. The molecule has 38 heavy (non-hydrogen) atoms. The molecule has 1 atom stereocenters. The van der Waals surface area contributed by atoms with Crippen LogP contribution < -0.4 is 4.31 Å². The van der Waals surface area contributed by atoms with E-state index in [1.165, 1.54) is 16.1 Å². The second-order valence-corrected chi connectivity index (χ2v) is 10.4. The molecule has 0 aliphatic carbocycles. The predicted octanol–water partition coefficient (Wildman–Crippen LogP) is 2.00. The fourth-order valence-corrected chi connectivity index (χ4v) is 4.95. The highest BCUT2D eigenvalue weighted by Gasteiger charge is 2.50. The molecule has 0 aromatic carbocycles. The molecule has 11 nitrogen and oxygen atoms in total. The van der Waals surface area contributed by atoms with Gasteiger partial charge >= 0.3 is 24.3 Å². The van der Waals surface area contributed by atoms with Crippen molar-refractivity contribution in [2.45, 2.75) is 30.7 Å². The molecule has 2 N–H and O–H groups in total. The summed E-state index contributed by atoms with van der Waals surface area (Å²) >= 11 is 0. The molecule has 2 aromatic heterocycles. The zero-order valence-corrected chi connectivity index (χ0v) is 20.7. The number of nitrogens with zero attached hydrogens (tertiary/aromatic N) is 5. The quantitative estimate of drug-likeness (QED) is 0.525. The highest BCUT2D eigenvalue weighted by molar-refractivity contribution is 7.92. The summed E-state index contributed by atoms with van der Waals surface area (Å²) in [4.78, 5) is 24.7. The Labute approximate surface area is 212 Å². The molecule has 1 saturated heterocycles. The van der Waals surface area contributed by atoms with Crippen molar-refractivity contribution in [1.29, 1.82) is 0 Å². The van der Waals surface area contributed by atoms with E-state index in [0.717, 1.165) is 37.4 Å². The molecule has 2 aliphatic rings. The molecule has 1 unspecified atom stereocenters. The van der Waals surface area contributed by atoms with Gasteiger partial charge in [-0.05, 0) is 25.1 Å². The number of halogens is 6. The summed E-state index contributed by atoms with van der Waals surface area (Å²) in [6, 6.07) is 3.67. The number of carbonyl (C=O) groups is 2. The first kappa shape index (κ1) is 30.8. The van der Waals surface area contributed by atoms with E-state index in [2.05, 4.69) is 15.0 Å². The van der Waals surface area contributed by atoms with Crippen LogP contribution in [0.4, 0.5) is 32.0 Å². The van der Waals surface area contributed by atoms with Crippen LogP contribution in [0.2, 0.25) is 0 Å². The molecule has 1 fully saturated rings. The Morgan fingerprint density at radius 1 is 1.08 bits per heavy atom. The minimum absolute atomic E-state index is 0.206. The first-order valence-corrected chi connectivity index (χ1v) is 12.3. The molecule has 2 aliphatic heterocycles. The third kappa shape index (κ3) is 7.80. The van der Waals surface area contributed by atoms with Crippen LogP contribution in [-0.2, 0) is 38.6 Å². The number of fused-ring (bicyclic) bond motifs is 2. The number of rotatable bonds is 3. The minimum atomic E-state index is -5.08. The van der Waals surface area contributed by atoms with Crippen molar-refractivity contribution in [3.05, 3.63) is 42.0 Å². The van der Waals surface area contributed by atoms with Gasteiger partial charge in [-0.2, -0.15) is 31.4 Å². The zero-order valence-electron chi connectivity index (χ0n) is 19.9. The molecule has 0 amide bonds. The van der Waals surface area contributed by atoms with Crippen molar-refractivity contribution in [2.24, 2.45) is 7.05 Å². The molecular weight excluding hydrogens is 552 g/mol. The zero-order chi connectivity index (χ0) is 29.1. The number of aryl methyl sites for hydroxylation is 1. The van der Waals surface area contributed by atoms with Gasteiger partial charge in [-0.1, -0.05) is 0 Å². The third-order valence-corrected chi connectivity index (χ3v) is 6.61. The number of alkyl halides is 6. The lowest BCUT2D eigenvalue weighted by molar-refractivity contribution is -0.193. The Kier molecular flexibility index (Phi) is 9.03. The maximum atomic E-state index is 12.2. The monoisotopic (exact) mass is 575 g/mol. The second-order valence-electron chi connectivity index (χ2n) is 8.51. The van der Waals surface area contributed by atoms with Crippen molar-refractivity contribution in [1.82, 2.24) is 19.7 Å². The van der Waals surface area contributed by atoms with Crippen LogP contribution in [0.1, 0.15) is 17.7 Å². The van der Waals surface area contributed by atoms with E-state index in [1.807, 2.05) is 25.5 Å². The number of aliphatic carboxylic acids is 2. The molecule has 4 rings (SSSR count). The molecular formula is C20H23F6N5O6S. The highest BCUT2D eigenvalue weighted by atomic mass is 32.2. The van der Waals surface area contributed by atoms with Crippen molar-refractivity contribution < 1.29 is 54.6 Å².